The number of rotatable bonds is 4. The van der Waals surface area contributed by atoms with Gasteiger partial charge in [0, 0.05) is 11.1 Å². The molecule has 0 saturated heterocycles. The summed E-state index contributed by atoms with van der Waals surface area (Å²) in [5.74, 6) is 0.215. The molecule has 0 atom stereocenters. The molecular formula is C17H15FO2. The molecule has 2 nitrogen and oxygen atoms in total. The summed E-state index contributed by atoms with van der Waals surface area (Å²) in [5.41, 5.74) is 1.65. The topological polar surface area (TPSA) is 26.3 Å². The number of carbonyl (C=O) groups is 1. The van der Waals surface area contributed by atoms with E-state index in [-0.39, 0.29) is 11.6 Å². The second kappa shape index (κ2) is 5.08. The van der Waals surface area contributed by atoms with E-state index in [1.165, 1.54) is 12.1 Å². The second-order valence-electron chi connectivity index (χ2n) is 5.19. The minimum absolute atomic E-state index is 0.175. The molecule has 0 bridgehead atoms. The summed E-state index contributed by atoms with van der Waals surface area (Å²) in [4.78, 5) is 12.3. The van der Waals surface area contributed by atoms with Crippen LogP contribution in [0.2, 0.25) is 0 Å². The van der Waals surface area contributed by atoms with Crippen LogP contribution in [0, 0.1) is 12.7 Å². The van der Waals surface area contributed by atoms with Crippen LogP contribution in [0.1, 0.15) is 34.3 Å². The summed E-state index contributed by atoms with van der Waals surface area (Å²) in [6, 6.07) is 11.4. The average Bonchev–Trinajstić information content (AvgIpc) is 3.22. The Bertz CT molecular complexity index is 622. The predicted octanol–water partition coefficient (Wildman–Crippen LogP) is 3.91. The van der Waals surface area contributed by atoms with E-state index in [1.807, 2.05) is 0 Å². The maximum Gasteiger partial charge on any atom is 0.193 e. The number of hydrogen-bond acceptors (Lipinski definition) is 2. The molecule has 3 rings (SSSR count). The molecular weight excluding hydrogens is 255 g/mol. The van der Waals surface area contributed by atoms with Gasteiger partial charge in [-0.05, 0) is 67.8 Å². The van der Waals surface area contributed by atoms with Crippen molar-refractivity contribution in [3.63, 3.8) is 0 Å². The fraction of sp³-hybridized carbons (Fsp3) is 0.235. The minimum Gasteiger partial charge on any atom is -0.490 e. The smallest absolute Gasteiger partial charge is 0.193 e. The summed E-state index contributed by atoms with van der Waals surface area (Å²) >= 11 is 0. The molecule has 1 saturated carbocycles. The molecule has 2 aromatic carbocycles. The number of halogens is 1. The van der Waals surface area contributed by atoms with Gasteiger partial charge >= 0.3 is 0 Å². The molecule has 0 amide bonds. The van der Waals surface area contributed by atoms with E-state index in [4.69, 9.17) is 4.74 Å². The van der Waals surface area contributed by atoms with E-state index in [2.05, 4.69) is 0 Å². The van der Waals surface area contributed by atoms with Crippen molar-refractivity contribution in [1.29, 1.82) is 0 Å². The Morgan fingerprint density at radius 3 is 2.40 bits per heavy atom. The zero-order valence-corrected chi connectivity index (χ0v) is 11.2. The summed E-state index contributed by atoms with van der Waals surface area (Å²) in [7, 11) is 0. The number of aryl methyl sites for hydroxylation is 1. The fourth-order valence-corrected chi connectivity index (χ4v) is 2.10. The van der Waals surface area contributed by atoms with Crippen molar-refractivity contribution < 1.29 is 13.9 Å². The van der Waals surface area contributed by atoms with Gasteiger partial charge in [0.05, 0.1) is 6.10 Å². The normalized spacial score (nSPS) is 14.1. The number of hydrogen-bond donors (Lipinski definition) is 0. The van der Waals surface area contributed by atoms with Crippen LogP contribution < -0.4 is 4.74 Å². The average molecular weight is 270 g/mol. The lowest BCUT2D eigenvalue weighted by molar-refractivity contribution is 0.103. The molecule has 0 unspecified atom stereocenters. The molecule has 20 heavy (non-hydrogen) atoms. The van der Waals surface area contributed by atoms with Crippen molar-refractivity contribution >= 4 is 5.78 Å². The van der Waals surface area contributed by atoms with Crippen molar-refractivity contribution in [3.8, 4) is 5.75 Å². The first-order chi connectivity index (χ1) is 9.61. The van der Waals surface area contributed by atoms with Crippen LogP contribution in [0.25, 0.3) is 0 Å². The zero-order chi connectivity index (χ0) is 14.1. The lowest BCUT2D eigenvalue weighted by atomic mass is 10.0. The molecule has 0 aliphatic heterocycles. The van der Waals surface area contributed by atoms with Crippen molar-refractivity contribution in [2.24, 2.45) is 0 Å². The summed E-state index contributed by atoms with van der Waals surface area (Å²) in [6.45, 7) is 1.77. The van der Waals surface area contributed by atoms with Gasteiger partial charge in [-0.2, -0.15) is 0 Å². The van der Waals surface area contributed by atoms with E-state index in [0.29, 0.717) is 17.2 Å². The minimum atomic E-state index is -0.387. The quantitative estimate of drug-likeness (QED) is 0.787. The number of carbonyl (C=O) groups excluding carboxylic acids is 1. The lowest BCUT2D eigenvalue weighted by Gasteiger charge is -2.06. The molecule has 2 aromatic rings. The van der Waals surface area contributed by atoms with Crippen molar-refractivity contribution in [2.75, 3.05) is 0 Å². The van der Waals surface area contributed by atoms with E-state index < -0.39 is 0 Å². The van der Waals surface area contributed by atoms with Crippen LogP contribution in [-0.4, -0.2) is 11.9 Å². The molecule has 0 spiro atoms. The van der Waals surface area contributed by atoms with Crippen LogP contribution in [0.3, 0.4) is 0 Å². The molecule has 1 fully saturated rings. The van der Waals surface area contributed by atoms with Gasteiger partial charge in [-0.25, -0.2) is 4.39 Å². The zero-order valence-electron chi connectivity index (χ0n) is 11.2. The molecule has 3 heteroatoms. The van der Waals surface area contributed by atoms with Crippen LogP contribution in [0.15, 0.2) is 42.5 Å². The SMILES string of the molecule is Cc1cc(F)cc(C(=O)c2ccc(OC3CC3)cc2)c1. The third kappa shape index (κ3) is 2.87. The largest absolute Gasteiger partial charge is 0.490 e. The summed E-state index contributed by atoms with van der Waals surface area (Å²) < 4.78 is 19.0. The number of ketones is 1. The highest BCUT2D eigenvalue weighted by atomic mass is 19.1. The Balaban J connectivity index is 1.81. The van der Waals surface area contributed by atoms with Crippen LogP contribution >= 0.6 is 0 Å². The highest BCUT2D eigenvalue weighted by Gasteiger charge is 2.23. The molecule has 1 aliphatic rings. The van der Waals surface area contributed by atoms with Gasteiger partial charge < -0.3 is 4.74 Å². The van der Waals surface area contributed by atoms with Crippen molar-refractivity contribution in [2.45, 2.75) is 25.9 Å². The standard InChI is InChI=1S/C17H15FO2/c1-11-8-13(10-14(18)9-11)17(19)12-2-4-15(5-3-12)20-16-6-7-16/h2-5,8-10,16H,6-7H2,1H3. The van der Waals surface area contributed by atoms with Gasteiger partial charge in [-0.1, -0.05) is 0 Å². The summed E-state index contributed by atoms with van der Waals surface area (Å²) in [6.07, 6.45) is 2.54. The van der Waals surface area contributed by atoms with Gasteiger partial charge in [-0.15, -0.1) is 0 Å². The number of ether oxygens (including phenoxy) is 1. The van der Waals surface area contributed by atoms with E-state index in [0.717, 1.165) is 24.2 Å². The fourth-order valence-electron chi connectivity index (χ4n) is 2.10. The second-order valence-corrected chi connectivity index (χ2v) is 5.19. The Hall–Kier alpha value is -2.16. The Labute approximate surface area is 117 Å². The first-order valence-electron chi connectivity index (χ1n) is 6.70. The highest BCUT2D eigenvalue weighted by Crippen LogP contribution is 2.27. The molecule has 1 aliphatic carbocycles. The van der Waals surface area contributed by atoms with Gasteiger partial charge in [0.2, 0.25) is 0 Å². The first-order valence-corrected chi connectivity index (χ1v) is 6.70. The van der Waals surface area contributed by atoms with Crippen LogP contribution in [-0.2, 0) is 0 Å². The van der Waals surface area contributed by atoms with Gasteiger partial charge in [0.25, 0.3) is 0 Å². The molecule has 0 radical (unpaired) electrons. The molecule has 102 valence electrons. The Morgan fingerprint density at radius 2 is 1.80 bits per heavy atom. The lowest BCUT2D eigenvalue weighted by Crippen LogP contribution is -2.03. The summed E-state index contributed by atoms with van der Waals surface area (Å²) in [5, 5.41) is 0. The molecule has 0 heterocycles. The molecule has 0 N–H and O–H groups in total. The van der Waals surface area contributed by atoms with Crippen molar-refractivity contribution in [1.82, 2.24) is 0 Å². The van der Waals surface area contributed by atoms with Gasteiger partial charge in [0.15, 0.2) is 5.78 Å². The third-order valence-corrected chi connectivity index (χ3v) is 3.25. The first kappa shape index (κ1) is 12.9. The maximum atomic E-state index is 13.3. The van der Waals surface area contributed by atoms with E-state index >= 15 is 0 Å². The van der Waals surface area contributed by atoms with Gasteiger partial charge in [-0.3, -0.25) is 4.79 Å². The Morgan fingerprint density at radius 1 is 1.10 bits per heavy atom. The van der Waals surface area contributed by atoms with E-state index in [9.17, 15) is 9.18 Å². The maximum absolute atomic E-state index is 13.3. The molecule has 0 aromatic heterocycles. The van der Waals surface area contributed by atoms with Crippen LogP contribution in [0.4, 0.5) is 4.39 Å². The monoisotopic (exact) mass is 270 g/mol. The van der Waals surface area contributed by atoms with Gasteiger partial charge in [0.1, 0.15) is 11.6 Å². The highest BCUT2D eigenvalue weighted by molar-refractivity contribution is 6.09. The third-order valence-electron chi connectivity index (χ3n) is 3.25. The van der Waals surface area contributed by atoms with Crippen LogP contribution in [0.5, 0.6) is 5.75 Å². The Kier molecular flexibility index (Phi) is 3.26. The number of benzene rings is 2. The predicted molar refractivity (Wildman–Crippen MR) is 74.7 cm³/mol. The van der Waals surface area contributed by atoms with Crippen molar-refractivity contribution in [3.05, 3.63) is 65.0 Å². The van der Waals surface area contributed by atoms with E-state index in [1.54, 1.807) is 37.3 Å².